The molecule has 3 rings (SSSR count). The monoisotopic (exact) mass is 388 g/mol. The largest absolute Gasteiger partial charge is 0.449 e. The van der Waals surface area contributed by atoms with E-state index >= 15 is 0 Å². The fraction of sp³-hybridized carbons (Fsp3) is 0.200. The lowest BCUT2D eigenvalue weighted by Crippen LogP contribution is -2.20. The highest BCUT2D eigenvalue weighted by molar-refractivity contribution is 6.00. The Hall–Kier alpha value is -3.24. The molecule has 3 aromatic carbocycles. The molecule has 1 atom stereocenters. The number of esters is 1. The molecule has 4 heteroatoms. The summed E-state index contributed by atoms with van der Waals surface area (Å²) in [4.78, 5) is 25.3. The Balaban J connectivity index is 1.53. The smallest absolute Gasteiger partial charge is 0.306 e. The van der Waals surface area contributed by atoms with Gasteiger partial charge in [-0.15, -0.1) is 0 Å². The van der Waals surface area contributed by atoms with E-state index in [1.54, 1.807) is 36.4 Å². The molecule has 148 valence electrons. The molecule has 29 heavy (non-hydrogen) atoms. The van der Waals surface area contributed by atoms with Crippen molar-refractivity contribution in [1.82, 2.24) is 0 Å². The summed E-state index contributed by atoms with van der Waals surface area (Å²) < 4.78 is 11.2. The first kappa shape index (κ1) is 20.5. The maximum Gasteiger partial charge on any atom is 0.306 e. The van der Waals surface area contributed by atoms with Crippen LogP contribution in [0.4, 0.5) is 0 Å². The van der Waals surface area contributed by atoms with E-state index in [-0.39, 0.29) is 12.2 Å². The van der Waals surface area contributed by atoms with Crippen LogP contribution in [-0.2, 0) is 20.9 Å². The second-order valence-electron chi connectivity index (χ2n) is 6.65. The van der Waals surface area contributed by atoms with E-state index in [9.17, 15) is 9.59 Å². The van der Waals surface area contributed by atoms with E-state index in [0.717, 1.165) is 5.56 Å². The van der Waals surface area contributed by atoms with Gasteiger partial charge in [0, 0.05) is 24.2 Å². The number of ketones is 1. The quantitative estimate of drug-likeness (QED) is 0.274. The van der Waals surface area contributed by atoms with Crippen LogP contribution in [0.25, 0.3) is 0 Å². The summed E-state index contributed by atoms with van der Waals surface area (Å²) in [6.07, 6.45) is -0.219. The van der Waals surface area contributed by atoms with Crippen molar-refractivity contribution in [2.75, 3.05) is 6.61 Å². The van der Waals surface area contributed by atoms with Crippen LogP contribution in [0, 0.1) is 0 Å². The minimum Gasteiger partial charge on any atom is -0.449 e. The van der Waals surface area contributed by atoms with Crippen LogP contribution in [0.2, 0.25) is 0 Å². The number of carbonyl (C=O) groups is 2. The van der Waals surface area contributed by atoms with Gasteiger partial charge in [-0.1, -0.05) is 91.0 Å². The minimum absolute atomic E-state index is 0.195. The van der Waals surface area contributed by atoms with E-state index in [0.29, 0.717) is 30.8 Å². The van der Waals surface area contributed by atoms with Gasteiger partial charge in [0.25, 0.3) is 0 Å². The molecule has 0 fully saturated rings. The molecule has 0 saturated carbocycles. The van der Waals surface area contributed by atoms with Crippen LogP contribution >= 0.6 is 0 Å². The third kappa shape index (κ3) is 6.40. The number of ether oxygens (including phenoxy) is 2. The van der Waals surface area contributed by atoms with E-state index in [2.05, 4.69) is 0 Å². The lowest BCUT2D eigenvalue weighted by molar-refractivity contribution is -0.147. The van der Waals surface area contributed by atoms with Gasteiger partial charge in [-0.25, -0.2) is 0 Å². The van der Waals surface area contributed by atoms with Gasteiger partial charge in [-0.05, 0) is 12.0 Å². The molecule has 4 nitrogen and oxygen atoms in total. The van der Waals surface area contributed by atoms with Crippen LogP contribution in [0.1, 0.15) is 40.4 Å². The Labute approximate surface area is 171 Å². The second kappa shape index (κ2) is 10.9. The van der Waals surface area contributed by atoms with Crippen molar-refractivity contribution >= 4 is 11.8 Å². The summed E-state index contributed by atoms with van der Waals surface area (Å²) in [7, 11) is 0. The van der Waals surface area contributed by atoms with Crippen LogP contribution in [0.15, 0.2) is 91.0 Å². The van der Waals surface area contributed by atoms with Crippen LogP contribution in [0.3, 0.4) is 0 Å². The minimum atomic E-state index is -0.948. The molecule has 0 heterocycles. The van der Waals surface area contributed by atoms with Crippen LogP contribution in [-0.4, -0.2) is 18.4 Å². The molecular weight excluding hydrogens is 364 g/mol. The molecule has 0 bridgehead atoms. The second-order valence-corrected chi connectivity index (χ2v) is 6.65. The highest BCUT2D eigenvalue weighted by Gasteiger charge is 2.25. The normalized spacial score (nSPS) is 11.6. The van der Waals surface area contributed by atoms with Crippen LogP contribution in [0.5, 0.6) is 0 Å². The summed E-state index contributed by atoms with van der Waals surface area (Å²) in [5.74, 6) is -0.642. The molecule has 1 unspecified atom stereocenters. The number of hydrogen-bond acceptors (Lipinski definition) is 4. The fourth-order valence-corrected chi connectivity index (χ4v) is 2.93. The average Bonchev–Trinajstić information content (AvgIpc) is 2.78. The number of benzene rings is 3. The molecule has 0 spiro atoms. The third-order valence-electron chi connectivity index (χ3n) is 4.43. The summed E-state index contributed by atoms with van der Waals surface area (Å²) in [5, 5.41) is 0. The van der Waals surface area contributed by atoms with E-state index in [1.807, 2.05) is 54.6 Å². The summed E-state index contributed by atoms with van der Waals surface area (Å²) in [5.41, 5.74) is 2.27. The molecule has 0 amide bonds. The maximum atomic E-state index is 12.9. The molecule has 0 saturated heterocycles. The topological polar surface area (TPSA) is 52.6 Å². The maximum absolute atomic E-state index is 12.9. The third-order valence-corrected chi connectivity index (χ3v) is 4.43. The highest BCUT2D eigenvalue weighted by Crippen LogP contribution is 2.23. The number of rotatable bonds is 10. The molecule has 0 aliphatic carbocycles. The zero-order valence-corrected chi connectivity index (χ0v) is 16.2. The van der Waals surface area contributed by atoms with Gasteiger partial charge in [-0.2, -0.15) is 0 Å². The molecule has 0 aliphatic rings. The Morgan fingerprint density at radius 3 is 2.00 bits per heavy atom. The van der Waals surface area contributed by atoms with Gasteiger partial charge in [0.05, 0.1) is 6.61 Å². The van der Waals surface area contributed by atoms with Gasteiger partial charge in [0.15, 0.2) is 6.10 Å². The number of Topliss-reactive ketones (excluding diaryl/α,β-unsaturated/α-hetero) is 1. The number of hydrogen-bond donors (Lipinski definition) is 0. The SMILES string of the molecule is O=C(CCCOCc1ccccc1)OC(C(=O)c1ccccc1)c1ccccc1. The van der Waals surface area contributed by atoms with Crippen LogP contribution < -0.4 is 0 Å². The Bertz CT molecular complexity index is 892. The first-order valence-corrected chi connectivity index (χ1v) is 9.69. The van der Waals surface area contributed by atoms with Gasteiger partial charge in [-0.3, -0.25) is 9.59 Å². The Morgan fingerprint density at radius 2 is 1.34 bits per heavy atom. The van der Waals surface area contributed by atoms with Gasteiger partial charge in [0.2, 0.25) is 5.78 Å². The Morgan fingerprint density at radius 1 is 0.759 bits per heavy atom. The average molecular weight is 388 g/mol. The van der Waals surface area contributed by atoms with E-state index in [1.165, 1.54) is 0 Å². The number of carbonyl (C=O) groups excluding carboxylic acids is 2. The van der Waals surface area contributed by atoms with Crippen molar-refractivity contribution < 1.29 is 19.1 Å². The van der Waals surface area contributed by atoms with Gasteiger partial charge < -0.3 is 9.47 Å². The predicted octanol–water partition coefficient (Wildman–Crippen LogP) is 5.15. The lowest BCUT2D eigenvalue weighted by Gasteiger charge is -2.17. The van der Waals surface area contributed by atoms with E-state index in [4.69, 9.17) is 9.47 Å². The predicted molar refractivity (Wildman–Crippen MR) is 111 cm³/mol. The van der Waals surface area contributed by atoms with Crippen molar-refractivity contribution in [2.24, 2.45) is 0 Å². The molecule has 3 aromatic rings. The van der Waals surface area contributed by atoms with Gasteiger partial charge >= 0.3 is 5.97 Å². The van der Waals surface area contributed by atoms with Crippen molar-refractivity contribution in [3.8, 4) is 0 Å². The summed E-state index contributed by atoms with van der Waals surface area (Å²) >= 11 is 0. The summed E-state index contributed by atoms with van der Waals surface area (Å²) in [6, 6.07) is 27.8. The zero-order valence-electron chi connectivity index (χ0n) is 16.2. The lowest BCUT2D eigenvalue weighted by atomic mass is 10.00. The molecule has 0 N–H and O–H groups in total. The first-order valence-electron chi connectivity index (χ1n) is 9.69. The molecule has 0 aliphatic heterocycles. The highest BCUT2D eigenvalue weighted by atomic mass is 16.5. The Kier molecular flexibility index (Phi) is 7.72. The summed E-state index contributed by atoms with van der Waals surface area (Å²) in [6.45, 7) is 0.960. The van der Waals surface area contributed by atoms with Crippen molar-refractivity contribution in [1.29, 1.82) is 0 Å². The molecule has 0 aromatic heterocycles. The van der Waals surface area contributed by atoms with Crippen molar-refractivity contribution in [3.05, 3.63) is 108 Å². The fourth-order valence-electron chi connectivity index (χ4n) is 2.93. The van der Waals surface area contributed by atoms with E-state index < -0.39 is 12.1 Å². The van der Waals surface area contributed by atoms with Crippen molar-refractivity contribution in [2.45, 2.75) is 25.6 Å². The molecular formula is C25H24O4. The van der Waals surface area contributed by atoms with Gasteiger partial charge in [0.1, 0.15) is 0 Å². The van der Waals surface area contributed by atoms with Crippen molar-refractivity contribution in [3.63, 3.8) is 0 Å². The standard InChI is InChI=1S/C25H24O4/c26-23(17-10-18-28-19-20-11-4-1-5-12-20)29-25(22-15-8-3-9-16-22)24(27)21-13-6-2-7-14-21/h1-9,11-16,25H,10,17-19H2. The zero-order chi connectivity index (χ0) is 20.3. The molecule has 0 radical (unpaired) electrons. The first-order chi connectivity index (χ1) is 14.2.